The van der Waals surface area contributed by atoms with E-state index in [9.17, 15) is 0 Å². The Morgan fingerprint density at radius 2 is 2.19 bits per heavy atom. The number of nitrogens with one attached hydrogen (secondary N) is 1. The number of ether oxygens (including phenoxy) is 1. The zero-order chi connectivity index (χ0) is 15.5. The van der Waals surface area contributed by atoms with Gasteiger partial charge in [-0.2, -0.15) is 0 Å². The lowest BCUT2D eigenvalue weighted by Crippen LogP contribution is -2.36. The predicted octanol–water partition coefficient (Wildman–Crippen LogP) is 4.29. The van der Waals surface area contributed by atoms with Gasteiger partial charge in [0, 0.05) is 14.2 Å². The van der Waals surface area contributed by atoms with Gasteiger partial charge in [0.2, 0.25) is 0 Å². The Balaban J connectivity index is 2.47. The zero-order valence-electron chi connectivity index (χ0n) is 13.5. The van der Waals surface area contributed by atoms with Crippen LogP contribution in [0.3, 0.4) is 0 Å². The van der Waals surface area contributed by atoms with Crippen LogP contribution in [0.25, 0.3) is 0 Å². The summed E-state index contributed by atoms with van der Waals surface area (Å²) in [4.78, 5) is 9.59. The summed E-state index contributed by atoms with van der Waals surface area (Å²) >= 11 is 3.62. The Kier molecular flexibility index (Phi) is 5.60. The molecule has 2 atom stereocenters. The molecule has 21 heavy (non-hydrogen) atoms. The molecule has 0 saturated heterocycles. The maximum Gasteiger partial charge on any atom is 0.162 e. The minimum Gasteiger partial charge on any atom is -0.372 e. The van der Waals surface area contributed by atoms with E-state index in [2.05, 4.69) is 35.1 Å². The fourth-order valence-electron chi connectivity index (χ4n) is 3.25. The molecule has 1 N–H and O–H groups in total. The number of hydrogen-bond donors (Lipinski definition) is 1. The van der Waals surface area contributed by atoms with Crippen LogP contribution in [0.15, 0.2) is 4.47 Å². The quantitative estimate of drug-likeness (QED) is 0.855. The van der Waals surface area contributed by atoms with E-state index in [0.29, 0.717) is 5.92 Å². The van der Waals surface area contributed by atoms with Crippen molar-refractivity contribution in [2.75, 3.05) is 19.5 Å². The van der Waals surface area contributed by atoms with Gasteiger partial charge in [-0.1, -0.05) is 26.7 Å². The molecular weight excluding hydrogens is 330 g/mol. The first kappa shape index (κ1) is 16.7. The van der Waals surface area contributed by atoms with E-state index in [1.807, 2.05) is 7.05 Å². The summed E-state index contributed by atoms with van der Waals surface area (Å²) in [6.07, 6.45) is 6.45. The van der Waals surface area contributed by atoms with E-state index in [0.717, 1.165) is 47.5 Å². The number of anilines is 1. The Morgan fingerprint density at radius 3 is 2.76 bits per heavy atom. The summed E-state index contributed by atoms with van der Waals surface area (Å²) in [5, 5.41) is 3.17. The summed E-state index contributed by atoms with van der Waals surface area (Å²) in [6, 6.07) is 0. The van der Waals surface area contributed by atoms with Gasteiger partial charge in [-0.3, -0.25) is 0 Å². The Labute approximate surface area is 136 Å². The van der Waals surface area contributed by atoms with Crippen molar-refractivity contribution in [3.8, 4) is 0 Å². The van der Waals surface area contributed by atoms with E-state index in [-0.39, 0.29) is 5.60 Å². The second kappa shape index (κ2) is 7.05. The summed E-state index contributed by atoms with van der Waals surface area (Å²) in [7, 11) is 3.69. The Morgan fingerprint density at radius 1 is 1.43 bits per heavy atom. The van der Waals surface area contributed by atoms with E-state index in [1.54, 1.807) is 7.11 Å². The molecule has 5 heteroatoms. The van der Waals surface area contributed by atoms with Gasteiger partial charge in [-0.05, 0) is 47.5 Å². The molecule has 1 heterocycles. The normalized spacial score (nSPS) is 25.9. The van der Waals surface area contributed by atoms with Gasteiger partial charge < -0.3 is 10.1 Å². The fourth-order valence-corrected chi connectivity index (χ4v) is 3.82. The standard InChI is InChI=1S/C16H26BrN3O/c1-5-7-12-13(17)14(18-3)20-15(19-12)16(21-4)9-6-8-11(2)10-16/h11H,5-10H2,1-4H3,(H,18,19,20). The van der Waals surface area contributed by atoms with Crippen molar-refractivity contribution in [2.24, 2.45) is 5.92 Å². The summed E-state index contributed by atoms with van der Waals surface area (Å²) < 4.78 is 6.92. The van der Waals surface area contributed by atoms with Crippen molar-refractivity contribution in [3.63, 3.8) is 0 Å². The molecule has 1 aromatic heterocycles. The number of aryl methyl sites for hydroxylation is 1. The molecule has 1 saturated carbocycles. The molecule has 1 fully saturated rings. The fraction of sp³-hybridized carbons (Fsp3) is 0.750. The highest BCUT2D eigenvalue weighted by atomic mass is 79.9. The molecule has 2 rings (SSSR count). The van der Waals surface area contributed by atoms with Crippen LogP contribution in [0.1, 0.15) is 57.5 Å². The average molecular weight is 356 g/mol. The number of rotatable bonds is 5. The highest BCUT2D eigenvalue weighted by Gasteiger charge is 2.40. The molecule has 0 spiro atoms. The highest BCUT2D eigenvalue weighted by molar-refractivity contribution is 9.10. The molecule has 0 aliphatic heterocycles. The Bertz CT molecular complexity index is 495. The monoisotopic (exact) mass is 355 g/mol. The number of hydrogen-bond acceptors (Lipinski definition) is 4. The van der Waals surface area contributed by atoms with Gasteiger partial charge in [0.25, 0.3) is 0 Å². The Hall–Kier alpha value is -0.680. The van der Waals surface area contributed by atoms with Crippen LogP contribution in [-0.2, 0) is 16.8 Å². The van der Waals surface area contributed by atoms with Crippen molar-refractivity contribution in [1.82, 2.24) is 9.97 Å². The van der Waals surface area contributed by atoms with Crippen LogP contribution < -0.4 is 5.32 Å². The molecule has 1 aromatic rings. The maximum absolute atomic E-state index is 5.94. The first-order chi connectivity index (χ1) is 10.1. The van der Waals surface area contributed by atoms with Crippen molar-refractivity contribution in [1.29, 1.82) is 0 Å². The van der Waals surface area contributed by atoms with Crippen LogP contribution in [0, 0.1) is 5.92 Å². The summed E-state index contributed by atoms with van der Waals surface area (Å²) in [6.45, 7) is 4.46. The molecule has 2 unspecified atom stereocenters. The zero-order valence-corrected chi connectivity index (χ0v) is 15.1. The third-order valence-corrected chi connectivity index (χ3v) is 5.23. The molecule has 0 aromatic carbocycles. The van der Waals surface area contributed by atoms with Crippen molar-refractivity contribution >= 4 is 21.7 Å². The first-order valence-electron chi connectivity index (χ1n) is 7.86. The van der Waals surface area contributed by atoms with E-state index < -0.39 is 0 Å². The van der Waals surface area contributed by atoms with E-state index >= 15 is 0 Å². The van der Waals surface area contributed by atoms with Gasteiger partial charge in [-0.25, -0.2) is 9.97 Å². The van der Waals surface area contributed by atoms with Crippen molar-refractivity contribution < 1.29 is 4.74 Å². The third-order valence-electron chi connectivity index (χ3n) is 4.40. The number of nitrogens with zero attached hydrogens (tertiary/aromatic N) is 2. The molecule has 0 amide bonds. The molecule has 0 bridgehead atoms. The second-order valence-electron chi connectivity index (χ2n) is 6.06. The second-order valence-corrected chi connectivity index (χ2v) is 6.85. The lowest BCUT2D eigenvalue weighted by molar-refractivity contribution is -0.0646. The number of aromatic nitrogens is 2. The molecule has 1 aliphatic carbocycles. The van der Waals surface area contributed by atoms with Crippen molar-refractivity contribution in [3.05, 3.63) is 16.0 Å². The van der Waals surface area contributed by atoms with Gasteiger partial charge in [-0.15, -0.1) is 0 Å². The maximum atomic E-state index is 5.94. The van der Waals surface area contributed by atoms with Gasteiger partial charge in [0.05, 0.1) is 10.2 Å². The van der Waals surface area contributed by atoms with E-state index in [4.69, 9.17) is 14.7 Å². The van der Waals surface area contributed by atoms with Gasteiger partial charge in [0.15, 0.2) is 5.82 Å². The number of methoxy groups -OCH3 is 1. The minimum atomic E-state index is -0.327. The minimum absolute atomic E-state index is 0.327. The number of halogens is 1. The van der Waals surface area contributed by atoms with Crippen LogP contribution in [-0.4, -0.2) is 24.1 Å². The average Bonchev–Trinajstić information content (AvgIpc) is 2.49. The summed E-state index contributed by atoms with van der Waals surface area (Å²) in [5.74, 6) is 2.35. The molecule has 118 valence electrons. The SMILES string of the molecule is CCCc1nc(C2(OC)CCCC(C)C2)nc(NC)c1Br. The predicted molar refractivity (Wildman–Crippen MR) is 89.6 cm³/mol. The van der Waals surface area contributed by atoms with Gasteiger partial charge >= 0.3 is 0 Å². The highest BCUT2D eigenvalue weighted by Crippen LogP contribution is 2.42. The molecule has 4 nitrogen and oxygen atoms in total. The van der Waals surface area contributed by atoms with Crippen molar-refractivity contribution in [2.45, 2.75) is 58.0 Å². The molecule has 0 radical (unpaired) electrons. The largest absolute Gasteiger partial charge is 0.372 e. The van der Waals surface area contributed by atoms with Crippen LogP contribution in [0.5, 0.6) is 0 Å². The lowest BCUT2D eigenvalue weighted by Gasteiger charge is -2.38. The smallest absolute Gasteiger partial charge is 0.162 e. The van der Waals surface area contributed by atoms with Crippen LogP contribution in [0.4, 0.5) is 5.82 Å². The third kappa shape index (κ3) is 3.39. The topological polar surface area (TPSA) is 47.0 Å². The lowest BCUT2D eigenvalue weighted by atomic mass is 9.78. The summed E-state index contributed by atoms with van der Waals surface area (Å²) in [5.41, 5.74) is 0.744. The first-order valence-corrected chi connectivity index (χ1v) is 8.65. The van der Waals surface area contributed by atoms with Crippen LogP contribution in [0.2, 0.25) is 0 Å². The van der Waals surface area contributed by atoms with E-state index in [1.165, 1.54) is 12.8 Å². The molecular formula is C16H26BrN3O. The van der Waals surface area contributed by atoms with Crippen LogP contribution >= 0.6 is 15.9 Å². The molecule has 1 aliphatic rings. The van der Waals surface area contributed by atoms with Gasteiger partial charge in [0.1, 0.15) is 11.4 Å².